The van der Waals surface area contributed by atoms with Crippen LogP contribution in [0.5, 0.6) is 5.75 Å². The molecule has 1 aromatic carbocycles. The lowest BCUT2D eigenvalue weighted by Crippen LogP contribution is -2.34. The minimum Gasteiger partial charge on any atom is -0.492 e. The molecule has 10 nitrogen and oxygen atoms in total. The van der Waals surface area contributed by atoms with Gasteiger partial charge in [-0.05, 0) is 58.9 Å². The first kappa shape index (κ1) is 29.6. The van der Waals surface area contributed by atoms with E-state index in [9.17, 15) is 14.0 Å². The predicted octanol–water partition coefficient (Wildman–Crippen LogP) is 5.35. The number of benzene rings is 1. The van der Waals surface area contributed by atoms with Crippen LogP contribution >= 0.6 is 0 Å². The third-order valence-corrected chi connectivity index (χ3v) is 6.48. The zero-order chi connectivity index (χ0) is 29.9. The molecule has 0 spiro atoms. The van der Waals surface area contributed by atoms with Gasteiger partial charge >= 0.3 is 12.1 Å². The van der Waals surface area contributed by atoms with Gasteiger partial charge in [0.25, 0.3) is 0 Å². The first-order valence-corrected chi connectivity index (χ1v) is 13.4. The van der Waals surface area contributed by atoms with Crippen LogP contribution in [-0.2, 0) is 29.5 Å². The third kappa shape index (κ3) is 6.85. The molecule has 0 aliphatic rings. The number of rotatable bonds is 9. The number of aryl methyl sites for hydroxylation is 1. The van der Waals surface area contributed by atoms with Crippen LogP contribution in [0.3, 0.4) is 0 Å². The summed E-state index contributed by atoms with van der Waals surface area (Å²) in [6.07, 6.45) is 3.53. The number of amides is 1. The van der Waals surface area contributed by atoms with Gasteiger partial charge in [-0.2, -0.15) is 5.10 Å². The summed E-state index contributed by atoms with van der Waals surface area (Å²) in [5.41, 5.74) is 4.13. The molecule has 0 saturated heterocycles. The molecule has 218 valence electrons. The van der Waals surface area contributed by atoms with Crippen LogP contribution in [0, 0.1) is 12.7 Å². The van der Waals surface area contributed by atoms with Crippen LogP contribution in [-0.4, -0.2) is 62.0 Å². The van der Waals surface area contributed by atoms with E-state index in [4.69, 9.17) is 14.2 Å². The van der Waals surface area contributed by atoms with E-state index in [-0.39, 0.29) is 25.5 Å². The molecule has 0 aliphatic heterocycles. The summed E-state index contributed by atoms with van der Waals surface area (Å²) in [6, 6.07) is 8.11. The molecular formula is C30H36FN5O5. The molecule has 4 rings (SSSR count). The number of pyridine rings is 1. The molecule has 11 heteroatoms. The van der Waals surface area contributed by atoms with Crippen LogP contribution in [0.1, 0.15) is 55.1 Å². The molecule has 3 heterocycles. The molecule has 0 unspecified atom stereocenters. The van der Waals surface area contributed by atoms with Crippen molar-refractivity contribution in [2.24, 2.45) is 7.05 Å². The van der Waals surface area contributed by atoms with Crippen LogP contribution < -0.4 is 4.74 Å². The second kappa shape index (κ2) is 12.0. The Hall–Kier alpha value is -4.41. The van der Waals surface area contributed by atoms with Crippen molar-refractivity contribution in [1.82, 2.24) is 24.1 Å². The van der Waals surface area contributed by atoms with Gasteiger partial charge in [-0.15, -0.1) is 0 Å². The van der Waals surface area contributed by atoms with Crippen LogP contribution in [0.25, 0.3) is 16.8 Å². The van der Waals surface area contributed by atoms with Gasteiger partial charge in [0.15, 0.2) is 5.69 Å². The number of esters is 1. The maximum Gasteiger partial charge on any atom is 0.410 e. The Morgan fingerprint density at radius 3 is 2.61 bits per heavy atom. The van der Waals surface area contributed by atoms with Crippen molar-refractivity contribution >= 4 is 17.7 Å². The van der Waals surface area contributed by atoms with Gasteiger partial charge < -0.3 is 23.5 Å². The van der Waals surface area contributed by atoms with Gasteiger partial charge in [-0.25, -0.2) is 19.0 Å². The van der Waals surface area contributed by atoms with Gasteiger partial charge in [0.05, 0.1) is 31.6 Å². The molecule has 41 heavy (non-hydrogen) atoms. The Balaban J connectivity index is 1.57. The van der Waals surface area contributed by atoms with E-state index in [2.05, 4.69) is 10.1 Å². The Morgan fingerprint density at radius 1 is 1.15 bits per heavy atom. The summed E-state index contributed by atoms with van der Waals surface area (Å²) in [6.45, 7) is 9.78. The van der Waals surface area contributed by atoms with Crippen LogP contribution in [0.2, 0.25) is 0 Å². The molecule has 0 radical (unpaired) electrons. The fourth-order valence-corrected chi connectivity index (χ4v) is 4.39. The summed E-state index contributed by atoms with van der Waals surface area (Å²) in [5.74, 6) is -0.563. The molecule has 0 N–H and O–H groups in total. The van der Waals surface area contributed by atoms with Gasteiger partial charge in [-0.3, -0.25) is 4.68 Å². The molecule has 4 aromatic rings. The highest BCUT2D eigenvalue weighted by atomic mass is 19.1. The van der Waals surface area contributed by atoms with Crippen molar-refractivity contribution in [2.45, 2.75) is 53.2 Å². The van der Waals surface area contributed by atoms with E-state index in [1.165, 1.54) is 17.0 Å². The molecule has 3 aromatic heterocycles. The number of nitrogens with zero attached hydrogens (tertiary/aromatic N) is 5. The van der Waals surface area contributed by atoms with Gasteiger partial charge in [0.1, 0.15) is 22.8 Å². The highest BCUT2D eigenvalue weighted by molar-refractivity contribution is 5.89. The number of fused-ring (bicyclic) bond motifs is 1. The van der Waals surface area contributed by atoms with Crippen molar-refractivity contribution < 1.29 is 28.2 Å². The van der Waals surface area contributed by atoms with Crippen molar-refractivity contribution in [1.29, 1.82) is 0 Å². The summed E-state index contributed by atoms with van der Waals surface area (Å²) >= 11 is 0. The zero-order valence-corrected chi connectivity index (χ0v) is 24.5. The molecule has 0 fully saturated rings. The molecule has 0 saturated carbocycles. The smallest absolute Gasteiger partial charge is 0.410 e. The SMILES string of the molecule is CCOC(=O)c1nn(C)c(C)c1CCOc1cc(F)ccc1-c1ccc2ncc(CN(C)C(=O)OC(C)(C)C)n2c1. The van der Waals surface area contributed by atoms with Gasteiger partial charge in [0.2, 0.25) is 0 Å². The van der Waals surface area contributed by atoms with E-state index in [1.54, 1.807) is 38.0 Å². The Labute approximate surface area is 238 Å². The summed E-state index contributed by atoms with van der Waals surface area (Å²) in [7, 11) is 3.43. The fourth-order valence-electron chi connectivity index (χ4n) is 4.39. The number of hydrogen-bond donors (Lipinski definition) is 0. The number of halogens is 1. The lowest BCUT2D eigenvalue weighted by molar-refractivity contribution is 0.0282. The molecule has 0 atom stereocenters. The maximum atomic E-state index is 14.3. The van der Waals surface area contributed by atoms with E-state index in [0.29, 0.717) is 23.4 Å². The Bertz CT molecular complexity index is 1570. The summed E-state index contributed by atoms with van der Waals surface area (Å²) < 4.78 is 34.5. The van der Waals surface area contributed by atoms with Crippen molar-refractivity contribution in [2.75, 3.05) is 20.3 Å². The average molecular weight is 566 g/mol. The number of carbonyl (C=O) groups is 2. The number of imidazole rings is 1. The maximum absolute atomic E-state index is 14.3. The Morgan fingerprint density at radius 2 is 1.90 bits per heavy atom. The first-order chi connectivity index (χ1) is 19.4. The van der Waals surface area contributed by atoms with E-state index >= 15 is 0 Å². The number of hydrogen-bond acceptors (Lipinski definition) is 7. The number of carbonyl (C=O) groups excluding carboxylic acids is 2. The van der Waals surface area contributed by atoms with Gasteiger partial charge in [-0.1, -0.05) is 0 Å². The molecule has 1 amide bonds. The third-order valence-electron chi connectivity index (χ3n) is 6.48. The quantitative estimate of drug-likeness (QED) is 0.252. The van der Waals surface area contributed by atoms with Crippen LogP contribution in [0.15, 0.2) is 42.7 Å². The second-order valence-electron chi connectivity index (χ2n) is 10.7. The van der Waals surface area contributed by atoms with E-state index in [0.717, 1.165) is 22.5 Å². The largest absolute Gasteiger partial charge is 0.492 e. The lowest BCUT2D eigenvalue weighted by Gasteiger charge is -2.24. The molecule has 0 bridgehead atoms. The predicted molar refractivity (Wildman–Crippen MR) is 151 cm³/mol. The van der Waals surface area contributed by atoms with Crippen molar-refractivity contribution in [3.63, 3.8) is 0 Å². The molecule has 0 aliphatic carbocycles. The lowest BCUT2D eigenvalue weighted by atomic mass is 10.1. The highest BCUT2D eigenvalue weighted by Gasteiger charge is 2.22. The highest BCUT2D eigenvalue weighted by Crippen LogP contribution is 2.32. The van der Waals surface area contributed by atoms with Crippen LogP contribution in [0.4, 0.5) is 9.18 Å². The Kier molecular flexibility index (Phi) is 8.65. The van der Waals surface area contributed by atoms with Crippen molar-refractivity contribution in [3.05, 3.63) is 71.2 Å². The topological polar surface area (TPSA) is 100 Å². The zero-order valence-electron chi connectivity index (χ0n) is 24.5. The first-order valence-electron chi connectivity index (χ1n) is 13.4. The standard InChI is InChI=1S/C30H36FN5O5/c1-8-39-28(37)27-23(19(2)35(7)33-27)13-14-40-25-15-21(31)10-11-24(25)20-9-12-26-32-16-22(36(26)17-20)18-34(6)29(38)41-30(3,4)5/h9-12,15-17H,8,13-14,18H2,1-7H3. The number of aromatic nitrogens is 4. The minimum atomic E-state index is -0.604. The van der Waals surface area contributed by atoms with E-state index in [1.807, 2.05) is 50.4 Å². The minimum absolute atomic E-state index is 0.189. The monoisotopic (exact) mass is 565 g/mol. The van der Waals surface area contributed by atoms with E-state index < -0.39 is 23.5 Å². The normalized spacial score (nSPS) is 11.5. The van der Waals surface area contributed by atoms with Crippen molar-refractivity contribution in [3.8, 4) is 16.9 Å². The second-order valence-corrected chi connectivity index (χ2v) is 10.7. The van der Waals surface area contributed by atoms with Gasteiger partial charge in [0, 0.05) is 55.2 Å². The average Bonchev–Trinajstić information content (AvgIpc) is 3.43. The fraction of sp³-hybridized carbons (Fsp3) is 0.400. The number of ether oxygens (including phenoxy) is 3. The molecular weight excluding hydrogens is 529 g/mol. The summed E-state index contributed by atoms with van der Waals surface area (Å²) in [4.78, 5) is 30.8. The summed E-state index contributed by atoms with van der Waals surface area (Å²) in [5, 5.41) is 4.30.